The lowest BCUT2D eigenvalue weighted by Gasteiger charge is -2.29. The zero-order chi connectivity index (χ0) is 19.3. The Balaban J connectivity index is 1.66. The van der Waals surface area contributed by atoms with Crippen LogP contribution in [0.25, 0.3) is 0 Å². The monoisotopic (exact) mass is 394 g/mol. The van der Waals surface area contributed by atoms with Crippen LogP contribution in [0.4, 0.5) is 0 Å². The van der Waals surface area contributed by atoms with Gasteiger partial charge < -0.3 is 10.1 Å². The number of nitrogens with one attached hydrogen (secondary N) is 1. The molecule has 3 rings (SSSR count). The minimum atomic E-state index is -3.35. The van der Waals surface area contributed by atoms with Gasteiger partial charge in [0.05, 0.1) is 18.4 Å². The second kappa shape index (κ2) is 9.06. The fourth-order valence-electron chi connectivity index (χ4n) is 4.24. The van der Waals surface area contributed by atoms with E-state index in [4.69, 9.17) is 4.74 Å². The van der Waals surface area contributed by atoms with Gasteiger partial charge >= 0.3 is 0 Å². The third kappa shape index (κ3) is 5.02. The second-order valence-corrected chi connectivity index (χ2v) is 9.80. The number of nitrogens with zero attached hydrogens (tertiary/aromatic N) is 1. The third-order valence-electron chi connectivity index (χ3n) is 5.71. The Kier molecular flexibility index (Phi) is 6.76. The summed E-state index contributed by atoms with van der Waals surface area (Å²) in [6.07, 6.45) is 5.53. The van der Waals surface area contributed by atoms with Crippen LogP contribution in [0, 0.1) is 0 Å². The second-order valence-electron chi connectivity index (χ2n) is 7.52. The Bertz CT molecular complexity index is 738. The first-order valence-corrected chi connectivity index (χ1v) is 11.6. The summed E-state index contributed by atoms with van der Waals surface area (Å²) in [5, 5.41) is 2.53. The molecule has 1 aromatic rings. The molecule has 2 fully saturated rings. The van der Waals surface area contributed by atoms with Crippen LogP contribution in [-0.2, 0) is 14.6 Å². The van der Waals surface area contributed by atoms with Crippen molar-refractivity contribution in [2.45, 2.75) is 49.8 Å². The van der Waals surface area contributed by atoms with Crippen molar-refractivity contribution in [3.63, 3.8) is 0 Å². The molecule has 0 spiro atoms. The van der Waals surface area contributed by atoms with Crippen molar-refractivity contribution < 1.29 is 17.9 Å². The highest BCUT2D eigenvalue weighted by molar-refractivity contribution is 7.92. The fraction of sp³-hybridized carbons (Fsp3) is 0.650. The molecule has 1 saturated carbocycles. The molecule has 2 aliphatic rings. The number of carbonyl (C=O) groups is 1. The summed E-state index contributed by atoms with van der Waals surface area (Å²) in [6, 6.07) is 7.82. The van der Waals surface area contributed by atoms with E-state index in [0.29, 0.717) is 19.4 Å². The first-order valence-electron chi connectivity index (χ1n) is 9.86. The van der Waals surface area contributed by atoms with Crippen molar-refractivity contribution in [1.82, 2.24) is 10.2 Å². The summed E-state index contributed by atoms with van der Waals surface area (Å²) in [5.41, 5.74) is 1.03. The lowest BCUT2D eigenvalue weighted by atomic mass is 10.0. The number of hydrogen-bond donors (Lipinski definition) is 1. The summed E-state index contributed by atoms with van der Waals surface area (Å²) in [7, 11) is -1.71. The van der Waals surface area contributed by atoms with E-state index in [9.17, 15) is 13.2 Å². The van der Waals surface area contributed by atoms with Crippen molar-refractivity contribution in [3.8, 4) is 5.75 Å². The van der Waals surface area contributed by atoms with Gasteiger partial charge in [-0.05, 0) is 44.8 Å². The predicted molar refractivity (Wildman–Crippen MR) is 106 cm³/mol. The normalized spacial score (nSPS) is 19.9. The average molecular weight is 395 g/mol. The van der Waals surface area contributed by atoms with Crippen LogP contribution >= 0.6 is 0 Å². The molecule has 7 heteroatoms. The molecule has 1 aliphatic carbocycles. The summed E-state index contributed by atoms with van der Waals surface area (Å²) < 4.78 is 30.4. The van der Waals surface area contributed by atoms with Gasteiger partial charge in [-0.2, -0.15) is 0 Å². The molecule has 6 nitrogen and oxygen atoms in total. The maximum atomic E-state index is 12.4. The molecule has 1 atom stereocenters. The zero-order valence-corrected chi connectivity index (χ0v) is 16.8. The van der Waals surface area contributed by atoms with Gasteiger partial charge in [-0.1, -0.05) is 31.0 Å². The molecule has 1 unspecified atom stereocenters. The Hall–Kier alpha value is -1.60. The molecule has 0 bridgehead atoms. The van der Waals surface area contributed by atoms with Crippen LogP contribution in [0.1, 0.15) is 50.1 Å². The molecule has 150 valence electrons. The summed E-state index contributed by atoms with van der Waals surface area (Å²) in [5.74, 6) is -0.0146. The minimum absolute atomic E-state index is 0.0122. The predicted octanol–water partition coefficient (Wildman–Crippen LogP) is 2.31. The maximum Gasteiger partial charge on any atom is 0.235 e. The number of benzene rings is 1. The van der Waals surface area contributed by atoms with Gasteiger partial charge in [0.15, 0.2) is 9.84 Å². The largest absolute Gasteiger partial charge is 0.496 e. The summed E-state index contributed by atoms with van der Waals surface area (Å²) >= 11 is 0. The fourth-order valence-corrected chi connectivity index (χ4v) is 6.00. The molecule has 0 aromatic heterocycles. The van der Waals surface area contributed by atoms with E-state index in [0.717, 1.165) is 50.1 Å². The van der Waals surface area contributed by atoms with E-state index in [1.807, 2.05) is 24.3 Å². The molecular formula is C20H30N2O4S. The molecule has 27 heavy (non-hydrogen) atoms. The van der Waals surface area contributed by atoms with Crippen molar-refractivity contribution in [2.24, 2.45) is 0 Å². The van der Waals surface area contributed by atoms with Crippen molar-refractivity contribution in [3.05, 3.63) is 29.8 Å². The number of hydrogen-bond acceptors (Lipinski definition) is 5. The first kappa shape index (κ1) is 20.1. The van der Waals surface area contributed by atoms with Crippen molar-refractivity contribution in [2.75, 3.05) is 32.5 Å². The number of methoxy groups -OCH3 is 1. The molecule has 1 heterocycles. The number of carbonyl (C=O) groups excluding carboxylic acids is 1. The molecule has 1 aromatic carbocycles. The summed E-state index contributed by atoms with van der Waals surface area (Å²) in [4.78, 5) is 14.7. The quantitative estimate of drug-likeness (QED) is 0.732. The SMILES string of the molecule is COc1ccccc1C(CNC(=O)CS(=O)(=O)C1CCCC1)N1CCCC1. The van der Waals surface area contributed by atoms with Gasteiger partial charge in [-0.25, -0.2) is 8.42 Å². The van der Waals surface area contributed by atoms with E-state index >= 15 is 0 Å². The highest BCUT2D eigenvalue weighted by Gasteiger charge is 2.31. The van der Waals surface area contributed by atoms with Gasteiger partial charge in [0, 0.05) is 12.1 Å². The maximum absolute atomic E-state index is 12.4. The van der Waals surface area contributed by atoms with E-state index in [1.165, 1.54) is 0 Å². The Labute approximate surface area is 162 Å². The number of sulfone groups is 1. The molecule has 1 saturated heterocycles. The highest BCUT2D eigenvalue weighted by Crippen LogP contribution is 2.31. The van der Waals surface area contributed by atoms with Gasteiger partial charge in [-0.15, -0.1) is 0 Å². The zero-order valence-electron chi connectivity index (χ0n) is 16.0. The Morgan fingerprint density at radius 1 is 1.19 bits per heavy atom. The van der Waals surface area contributed by atoms with E-state index in [2.05, 4.69) is 10.2 Å². The molecular weight excluding hydrogens is 364 g/mol. The van der Waals surface area contributed by atoms with Crippen LogP contribution in [0.3, 0.4) is 0 Å². The average Bonchev–Trinajstić information content (AvgIpc) is 3.36. The van der Waals surface area contributed by atoms with Crippen molar-refractivity contribution >= 4 is 15.7 Å². The summed E-state index contributed by atoms with van der Waals surface area (Å²) in [6.45, 7) is 2.33. The van der Waals surface area contributed by atoms with Gasteiger partial charge in [0.1, 0.15) is 11.5 Å². The lowest BCUT2D eigenvalue weighted by molar-refractivity contribution is -0.118. The van der Waals surface area contributed by atoms with Crippen LogP contribution in [-0.4, -0.2) is 57.0 Å². The van der Waals surface area contributed by atoms with Crippen LogP contribution in [0.5, 0.6) is 5.75 Å². The number of rotatable bonds is 8. The molecule has 1 aliphatic heterocycles. The highest BCUT2D eigenvalue weighted by atomic mass is 32.2. The Morgan fingerprint density at radius 2 is 1.85 bits per heavy atom. The van der Waals surface area contributed by atoms with Gasteiger partial charge in [0.2, 0.25) is 5.91 Å². The number of ether oxygens (including phenoxy) is 1. The topological polar surface area (TPSA) is 75.7 Å². The smallest absolute Gasteiger partial charge is 0.235 e. The van der Waals surface area contributed by atoms with E-state index in [1.54, 1.807) is 7.11 Å². The van der Waals surface area contributed by atoms with E-state index < -0.39 is 21.5 Å². The van der Waals surface area contributed by atoms with Crippen LogP contribution in [0.15, 0.2) is 24.3 Å². The van der Waals surface area contributed by atoms with Crippen LogP contribution < -0.4 is 10.1 Å². The molecule has 0 radical (unpaired) electrons. The third-order valence-corrected chi connectivity index (χ3v) is 7.87. The van der Waals surface area contributed by atoms with E-state index in [-0.39, 0.29) is 11.3 Å². The first-order chi connectivity index (χ1) is 13.0. The number of amides is 1. The van der Waals surface area contributed by atoms with Crippen molar-refractivity contribution in [1.29, 1.82) is 0 Å². The van der Waals surface area contributed by atoms with Gasteiger partial charge in [0.25, 0.3) is 0 Å². The molecule has 1 amide bonds. The minimum Gasteiger partial charge on any atom is -0.496 e. The number of likely N-dealkylation sites (tertiary alicyclic amines) is 1. The Morgan fingerprint density at radius 3 is 2.52 bits per heavy atom. The standard InChI is InChI=1S/C20H30N2O4S/c1-26-19-11-5-4-10-17(19)18(22-12-6-7-13-22)14-21-20(23)15-27(24,25)16-8-2-3-9-16/h4-5,10-11,16,18H,2-3,6-9,12-15H2,1H3,(H,21,23). The number of para-hydroxylation sites is 1. The lowest BCUT2D eigenvalue weighted by Crippen LogP contribution is -2.40. The van der Waals surface area contributed by atoms with Gasteiger partial charge in [-0.3, -0.25) is 9.69 Å². The molecule has 1 N–H and O–H groups in total. The van der Waals surface area contributed by atoms with Crippen LogP contribution in [0.2, 0.25) is 0 Å².